The highest BCUT2D eigenvalue weighted by molar-refractivity contribution is 5.73. The predicted octanol–water partition coefficient (Wildman–Crippen LogP) is 1.67. The van der Waals surface area contributed by atoms with Crippen LogP contribution in [0.15, 0.2) is 30.3 Å². The van der Waals surface area contributed by atoms with E-state index in [-0.39, 0.29) is 0 Å². The Kier molecular flexibility index (Phi) is 3.95. The van der Waals surface area contributed by atoms with Crippen molar-refractivity contribution in [3.63, 3.8) is 0 Å². The molecule has 0 aliphatic carbocycles. The van der Waals surface area contributed by atoms with Crippen molar-refractivity contribution in [3.05, 3.63) is 35.9 Å². The van der Waals surface area contributed by atoms with E-state index >= 15 is 0 Å². The number of halogens is 2. The van der Waals surface area contributed by atoms with Crippen molar-refractivity contribution in [1.82, 2.24) is 0 Å². The van der Waals surface area contributed by atoms with Gasteiger partial charge in [0.2, 0.25) is 0 Å². The standard InChI is InChI=1S/C11H13F2NO2/c12-11(13,7-9(14)10(15)16)6-8-4-2-1-3-5-8/h1-5,9H,6-7,14H2,(H,15,16)/t9-/m0/s1. The van der Waals surface area contributed by atoms with Crippen molar-refractivity contribution >= 4 is 5.97 Å². The Bertz CT molecular complexity index is 354. The second-order valence-electron chi connectivity index (χ2n) is 3.67. The number of carboxylic acids is 1. The van der Waals surface area contributed by atoms with Crippen molar-refractivity contribution in [2.24, 2.45) is 5.73 Å². The van der Waals surface area contributed by atoms with Gasteiger partial charge in [-0.25, -0.2) is 8.78 Å². The lowest BCUT2D eigenvalue weighted by atomic mass is 10.0. The summed E-state index contributed by atoms with van der Waals surface area (Å²) in [5.41, 5.74) is 5.54. The van der Waals surface area contributed by atoms with Crippen LogP contribution in [-0.4, -0.2) is 23.0 Å². The lowest BCUT2D eigenvalue weighted by Crippen LogP contribution is -2.37. The summed E-state index contributed by atoms with van der Waals surface area (Å²) in [4.78, 5) is 10.4. The second kappa shape index (κ2) is 5.03. The Balaban J connectivity index is 2.61. The molecule has 0 amide bonds. The van der Waals surface area contributed by atoms with E-state index in [9.17, 15) is 13.6 Å². The molecule has 88 valence electrons. The minimum absolute atomic E-state index is 0.463. The first-order valence-electron chi connectivity index (χ1n) is 4.81. The Labute approximate surface area is 91.9 Å². The molecule has 5 heteroatoms. The SMILES string of the molecule is N[C@@H](CC(F)(F)Cc1ccccc1)C(=O)O. The van der Waals surface area contributed by atoms with E-state index in [0.717, 1.165) is 0 Å². The summed E-state index contributed by atoms with van der Waals surface area (Å²) in [5, 5.41) is 8.45. The summed E-state index contributed by atoms with van der Waals surface area (Å²) in [6.07, 6.45) is -1.34. The summed E-state index contributed by atoms with van der Waals surface area (Å²) in [5.74, 6) is -4.51. The Morgan fingerprint density at radius 3 is 2.44 bits per heavy atom. The van der Waals surface area contributed by atoms with Gasteiger partial charge in [-0.05, 0) is 5.56 Å². The first-order chi connectivity index (χ1) is 7.41. The number of hydrogen-bond donors (Lipinski definition) is 2. The van der Waals surface area contributed by atoms with Gasteiger partial charge in [0.05, 0.1) is 0 Å². The summed E-state index contributed by atoms with van der Waals surface area (Å²) in [6.45, 7) is 0. The summed E-state index contributed by atoms with van der Waals surface area (Å²) >= 11 is 0. The third-order valence-electron chi connectivity index (χ3n) is 2.14. The highest BCUT2D eigenvalue weighted by atomic mass is 19.3. The molecule has 0 fully saturated rings. The van der Waals surface area contributed by atoms with Crippen LogP contribution in [0.4, 0.5) is 8.78 Å². The maximum absolute atomic E-state index is 13.4. The van der Waals surface area contributed by atoms with Crippen LogP contribution in [0.3, 0.4) is 0 Å². The van der Waals surface area contributed by atoms with Gasteiger partial charge in [0.15, 0.2) is 0 Å². The predicted molar refractivity (Wildman–Crippen MR) is 55.3 cm³/mol. The number of alkyl halides is 2. The summed E-state index contributed by atoms with van der Waals surface area (Å²) in [6, 6.07) is 6.65. The largest absolute Gasteiger partial charge is 0.480 e. The molecule has 0 bridgehead atoms. The molecule has 0 unspecified atom stereocenters. The normalized spacial score (nSPS) is 13.4. The number of nitrogens with two attached hydrogens (primary N) is 1. The molecular formula is C11H13F2NO2. The van der Waals surface area contributed by atoms with Crippen molar-refractivity contribution in [1.29, 1.82) is 0 Å². The van der Waals surface area contributed by atoms with Gasteiger partial charge < -0.3 is 10.8 Å². The van der Waals surface area contributed by atoms with Crippen LogP contribution in [0.25, 0.3) is 0 Å². The minimum Gasteiger partial charge on any atom is -0.480 e. The molecule has 0 saturated heterocycles. The van der Waals surface area contributed by atoms with E-state index in [4.69, 9.17) is 10.8 Å². The molecule has 0 saturated carbocycles. The molecule has 0 radical (unpaired) electrons. The fourth-order valence-corrected chi connectivity index (χ4v) is 1.38. The number of rotatable bonds is 5. The van der Waals surface area contributed by atoms with Gasteiger partial charge in [-0.3, -0.25) is 4.79 Å². The fourth-order valence-electron chi connectivity index (χ4n) is 1.38. The highest BCUT2D eigenvalue weighted by Gasteiger charge is 2.34. The number of benzene rings is 1. The number of aliphatic carboxylic acids is 1. The monoisotopic (exact) mass is 229 g/mol. The molecule has 0 spiro atoms. The first kappa shape index (κ1) is 12.6. The molecule has 1 aromatic rings. The van der Waals surface area contributed by atoms with Crippen LogP contribution in [0, 0.1) is 0 Å². The van der Waals surface area contributed by atoms with E-state index in [2.05, 4.69) is 0 Å². The molecule has 1 aromatic carbocycles. The van der Waals surface area contributed by atoms with E-state index in [1.54, 1.807) is 30.3 Å². The van der Waals surface area contributed by atoms with E-state index in [1.165, 1.54) is 0 Å². The molecule has 1 atom stereocenters. The number of carbonyl (C=O) groups is 1. The molecule has 0 aliphatic heterocycles. The van der Waals surface area contributed by atoms with Crippen molar-refractivity contribution in [2.45, 2.75) is 24.8 Å². The van der Waals surface area contributed by atoms with Crippen LogP contribution in [0.1, 0.15) is 12.0 Å². The van der Waals surface area contributed by atoms with E-state index < -0.39 is 30.8 Å². The highest BCUT2D eigenvalue weighted by Crippen LogP contribution is 2.25. The molecule has 1 rings (SSSR count). The van der Waals surface area contributed by atoms with Crippen molar-refractivity contribution in [3.8, 4) is 0 Å². The quantitative estimate of drug-likeness (QED) is 0.807. The van der Waals surface area contributed by atoms with Gasteiger partial charge in [0, 0.05) is 12.8 Å². The zero-order valence-electron chi connectivity index (χ0n) is 8.57. The van der Waals surface area contributed by atoms with Crippen LogP contribution in [-0.2, 0) is 11.2 Å². The number of hydrogen-bond acceptors (Lipinski definition) is 2. The third kappa shape index (κ3) is 3.94. The average Bonchev–Trinajstić information content (AvgIpc) is 2.17. The Morgan fingerprint density at radius 2 is 1.94 bits per heavy atom. The zero-order valence-corrected chi connectivity index (χ0v) is 8.57. The topological polar surface area (TPSA) is 63.3 Å². The van der Waals surface area contributed by atoms with Gasteiger partial charge >= 0.3 is 5.97 Å². The summed E-state index contributed by atoms with van der Waals surface area (Å²) < 4.78 is 26.8. The average molecular weight is 229 g/mol. The Hall–Kier alpha value is -1.49. The smallest absolute Gasteiger partial charge is 0.320 e. The van der Waals surface area contributed by atoms with Crippen LogP contribution >= 0.6 is 0 Å². The maximum Gasteiger partial charge on any atom is 0.320 e. The molecule has 0 heterocycles. The minimum atomic E-state index is -3.10. The van der Waals surface area contributed by atoms with E-state index in [1.807, 2.05) is 0 Å². The molecular weight excluding hydrogens is 216 g/mol. The van der Waals surface area contributed by atoms with Gasteiger partial charge in [-0.15, -0.1) is 0 Å². The van der Waals surface area contributed by atoms with Crippen LogP contribution < -0.4 is 5.73 Å². The molecule has 0 aliphatic rings. The lowest BCUT2D eigenvalue weighted by molar-refractivity contribution is -0.141. The van der Waals surface area contributed by atoms with Gasteiger partial charge in [0.1, 0.15) is 6.04 Å². The fraction of sp³-hybridized carbons (Fsp3) is 0.364. The van der Waals surface area contributed by atoms with Crippen molar-refractivity contribution in [2.75, 3.05) is 0 Å². The third-order valence-corrected chi connectivity index (χ3v) is 2.14. The second-order valence-corrected chi connectivity index (χ2v) is 3.67. The Morgan fingerprint density at radius 1 is 1.38 bits per heavy atom. The molecule has 3 nitrogen and oxygen atoms in total. The summed E-state index contributed by atoms with van der Waals surface area (Å²) in [7, 11) is 0. The van der Waals surface area contributed by atoms with Crippen LogP contribution in [0.2, 0.25) is 0 Å². The van der Waals surface area contributed by atoms with Gasteiger partial charge in [-0.2, -0.15) is 0 Å². The van der Waals surface area contributed by atoms with Gasteiger partial charge in [-0.1, -0.05) is 30.3 Å². The molecule has 3 N–H and O–H groups in total. The van der Waals surface area contributed by atoms with Crippen molar-refractivity contribution < 1.29 is 18.7 Å². The van der Waals surface area contributed by atoms with E-state index in [0.29, 0.717) is 5.56 Å². The molecule has 0 aromatic heterocycles. The zero-order chi connectivity index (χ0) is 12.2. The molecule has 16 heavy (non-hydrogen) atoms. The number of carboxylic acid groups (broad SMARTS) is 1. The lowest BCUT2D eigenvalue weighted by Gasteiger charge is -2.18. The van der Waals surface area contributed by atoms with Crippen LogP contribution in [0.5, 0.6) is 0 Å². The maximum atomic E-state index is 13.4. The first-order valence-corrected chi connectivity index (χ1v) is 4.81. The van der Waals surface area contributed by atoms with Gasteiger partial charge in [0.25, 0.3) is 5.92 Å².